The second-order valence-corrected chi connectivity index (χ2v) is 10.6. The maximum atomic E-state index is 13.3. The van der Waals surface area contributed by atoms with Crippen molar-refractivity contribution in [1.29, 1.82) is 0 Å². The zero-order chi connectivity index (χ0) is 18.1. The predicted molar refractivity (Wildman–Crippen MR) is 106 cm³/mol. The second-order valence-electron chi connectivity index (χ2n) is 8.94. The van der Waals surface area contributed by atoms with Crippen LogP contribution in [-0.4, -0.2) is 20.2 Å². The van der Waals surface area contributed by atoms with E-state index in [4.69, 9.17) is 0 Å². The van der Waals surface area contributed by atoms with Gasteiger partial charge in [0, 0.05) is 10.0 Å². The third-order valence-electron chi connectivity index (χ3n) is 6.80. The summed E-state index contributed by atoms with van der Waals surface area (Å²) in [5.41, 5.74) is 4.24. The number of anilines is 1. The summed E-state index contributed by atoms with van der Waals surface area (Å²) >= 11 is 4.00. The van der Waals surface area contributed by atoms with Crippen LogP contribution >= 0.6 is 15.9 Å². The van der Waals surface area contributed by atoms with Gasteiger partial charge in [0.1, 0.15) is 0 Å². The van der Waals surface area contributed by atoms with E-state index >= 15 is 0 Å². The van der Waals surface area contributed by atoms with Crippen LogP contribution in [-0.2, 0) is 4.79 Å². The van der Waals surface area contributed by atoms with E-state index in [1.165, 1.54) is 19.3 Å². The highest BCUT2D eigenvalue weighted by Crippen LogP contribution is 2.64. The van der Waals surface area contributed by atoms with E-state index in [0.29, 0.717) is 11.8 Å². The summed E-state index contributed by atoms with van der Waals surface area (Å²) in [6, 6.07) is 5.86. The summed E-state index contributed by atoms with van der Waals surface area (Å²) in [6.45, 7) is 3.94. The SMILES string of the molecule is Cc1nc2ccc(NC(=O)C34CC5CC(CC(Br)(C5)C3)C4)cc2nc1C. The lowest BCUT2D eigenvalue weighted by Gasteiger charge is -2.59. The first kappa shape index (κ1) is 16.7. The average Bonchev–Trinajstić information content (AvgIpc) is 2.54. The molecule has 2 unspecified atom stereocenters. The Balaban J connectivity index is 1.43. The minimum Gasteiger partial charge on any atom is -0.326 e. The summed E-state index contributed by atoms with van der Waals surface area (Å²) in [7, 11) is 0. The lowest BCUT2D eigenvalue weighted by atomic mass is 9.49. The van der Waals surface area contributed by atoms with Crippen LogP contribution < -0.4 is 5.32 Å². The van der Waals surface area contributed by atoms with Gasteiger partial charge in [0.15, 0.2) is 0 Å². The highest BCUT2D eigenvalue weighted by atomic mass is 79.9. The van der Waals surface area contributed by atoms with Crippen LogP contribution in [0.3, 0.4) is 0 Å². The van der Waals surface area contributed by atoms with Crippen molar-refractivity contribution in [2.45, 2.75) is 56.7 Å². The van der Waals surface area contributed by atoms with Crippen LogP contribution in [0, 0.1) is 31.1 Å². The highest BCUT2D eigenvalue weighted by molar-refractivity contribution is 9.10. The molecule has 1 aromatic carbocycles. The molecular formula is C21H24BrN3O. The van der Waals surface area contributed by atoms with Gasteiger partial charge in [-0.05, 0) is 82.4 Å². The van der Waals surface area contributed by atoms with Crippen LogP contribution in [0.4, 0.5) is 5.69 Å². The van der Waals surface area contributed by atoms with Gasteiger partial charge in [-0.15, -0.1) is 0 Å². The fourth-order valence-corrected chi connectivity index (χ4v) is 7.44. The number of carbonyl (C=O) groups excluding carboxylic acids is 1. The third-order valence-corrected chi connectivity index (χ3v) is 7.73. The van der Waals surface area contributed by atoms with Crippen molar-refractivity contribution in [2.24, 2.45) is 17.3 Å². The molecule has 4 nitrogen and oxygen atoms in total. The minimum atomic E-state index is -0.197. The van der Waals surface area contributed by atoms with E-state index < -0.39 is 0 Å². The number of carbonyl (C=O) groups is 1. The quantitative estimate of drug-likeness (QED) is 0.710. The van der Waals surface area contributed by atoms with E-state index in [2.05, 4.69) is 31.2 Å². The molecule has 1 aromatic heterocycles. The topological polar surface area (TPSA) is 54.9 Å². The summed E-state index contributed by atoms with van der Waals surface area (Å²) < 4.78 is 0.192. The van der Waals surface area contributed by atoms with Gasteiger partial charge < -0.3 is 5.32 Å². The number of fused-ring (bicyclic) bond motifs is 1. The minimum absolute atomic E-state index is 0.192. The van der Waals surface area contributed by atoms with Crippen LogP contribution in [0.5, 0.6) is 0 Å². The first-order valence-electron chi connectivity index (χ1n) is 9.60. The van der Waals surface area contributed by atoms with E-state index in [0.717, 1.165) is 47.4 Å². The Morgan fingerprint density at radius 2 is 1.73 bits per heavy atom. The first-order chi connectivity index (χ1) is 12.3. The molecule has 4 bridgehead atoms. The standard InChI is InChI=1S/C21H24BrN3O/c1-12-13(2)24-18-6-16(3-4-17(18)23-12)25-19(26)20-7-14-5-15(8-20)10-21(22,9-14)11-20/h3-4,6,14-15H,5,7-11H2,1-2H3,(H,25,26). The third kappa shape index (κ3) is 2.58. The van der Waals surface area contributed by atoms with Crippen LogP contribution in [0.25, 0.3) is 11.0 Å². The molecule has 2 aromatic rings. The van der Waals surface area contributed by atoms with Crippen LogP contribution in [0.2, 0.25) is 0 Å². The molecule has 0 radical (unpaired) electrons. The van der Waals surface area contributed by atoms with E-state index in [-0.39, 0.29) is 15.6 Å². The Labute approximate surface area is 162 Å². The van der Waals surface area contributed by atoms with Crippen molar-refractivity contribution in [3.8, 4) is 0 Å². The predicted octanol–water partition coefficient (Wildman–Crippen LogP) is 4.92. The molecule has 1 heterocycles. The molecule has 1 amide bonds. The Morgan fingerprint density at radius 3 is 2.38 bits per heavy atom. The van der Waals surface area contributed by atoms with Crippen molar-refractivity contribution in [3.05, 3.63) is 29.6 Å². The number of hydrogen-bond donors (Lipinski definition) is 1. The van der Waals surface area contributed by atoms with Gasteiger partial charge in [0.2, 0.25) is 5.91 Å². The Morgan fingerprint density at radius 1 is 1.08 bits per heavy atom. The number of nitrogens with zero attached hydrogens (tertiary/aromatic N) is 2. The molecule has 4 aliphatic rings. The van der Waals surface area contributed by atoms with Gasteiger partial charge in [-0.2, -0.15) is 0 Å². The molecule has 4 saturated carbocycles. The first-order valence-corrected chi connectivity index (χ1v) is 10.4. The highest BCUT2D eigenvalue weighted by Gasteiger charge is 2.59. The molecule has 4 aliphatic carbocycles. The molecule has 136 valence electrons. The average molecular weight is 414 g/mol. The van der Waals surface area contributed by atoms with E-state index in [1.54, 1.807) is 0 Å². The summed E-state index contributed by atoms with van der Waals surface area (Å²) in [6.07, 6.45) is 6.87. The molecule has 0 saturated heterocycles. The summed E-state index contributed by atoms with van der Waals surface area (Å²) in [5.74, 6) is 1.61. The molecule has 4 fully saturated rings. The fraction of sp³-hybridized carbons (Fsp3) is 0.571. The smallest absolute Gasteiger partial charge is 0.230 e. The van der Waals surface area contributed by atoms with Gasteiger partial charge >= 0.3 is 0 Å². The van der Waals surface area contributed by atoms with E-state index in [1.807, 2.05) is 32.0 Å². The molecule has 1 N–H and O–H groups in total. The van der Waals surface area contributed by atoms with Crippen molar-refractivity contribution in [1.82, 2.24) is 9.97 Å². The molecule has 26 heavy (non-hydrogen) atoms. The number of alkyl halides is 1. The van der Waals surface area contributed by atoms with Crippen molar-refractivity contribution >= 4 is 38.6 Å². The van der Waals surface area contributed by atoms with Crippen molar-refractivity contribution < 1.29 is 4.79 Å². The largest absolute Gasteiger partial charge is 0.326 e. The number of benzene rings is 1. The molecule has 0 spiro atoms. The van der Waals surface area contributed by atoms with Crippen molar-refractivity contribution in [2.75, 3.05) is 5.32 Å². The number of rotatable bonds is 2. The van der Waals surface area contributed by atoms with Crippen molar-refractivity contribution in [3.63, 3.8) is 0 Å². The number of hydrogen-bond acceptors (Lipinski definition) is 3. The van der Waals surface area contributed by atoms with Gasteiger partial charge in [0.05, 0.1) is 27.8 Å². The lowest BCUT2D eigenvalue weighted by molar-refractivity contribution is -0.138. The summed E-state index contributed by atoms with van der Waals surface area (Å²) in [4.78, 5) is 22.5. The molecule has 6 rings (SSSR count). The number of nitrogens with one attached hydrogen (secondary N) is 1. The van der Waals surface area contributed by atoms with E-state index in [9.17, 15) is 4.79 Å². The van der Waals surface area contributed by atoms with Gasteiger partial charge in [-0.25, -0.2) is 9.97 Å². The number of halogens is 1. The molecule has 5 heteroatoms. The number of amides is 1. The summed E-state index contributed by atoms with van der Waals surface area (Å²) in [5, 5.41) is 3.21. The zero-order valence-electron chi connectivity index (χ0n) is 15.3. The van der Waals surface area contributed by atoms with Gasteiger partial charge in [-0.1, -0.05) is 15.9 Å². The number of aromatic nitrogens is 2. The van der Waals surface area contributed by atoms with Gasteiger partial charge in [-0.3, -0.25) is 4.79 Å². The molecule has 2 atom stereocenters. The molecule has 0 aliphatic heterocycles. The zero-order valence-corrected chi connectivity index (χ0v) is 16.9. The second kappa shape index (κ2) is 5.51. The maximum Gasteiger partial charge on any atom is 0.230 e. The van der Waals surface area contributed by atoms with Crippen LogP contribution in [0.15, 0.2) is 18.2 Å². The normalized spacial score (nSPS) is 35.0. The Bertz CT molecular complexity index is 911. The van der Waals surface area contributed by atoms with Gasteiger partial charge in [0.25, 0.3) is 0 Å². The van der Waals surface area contributed by atoms with Crippen LogP contribution in [0.1, 0.15) is 49.9 Å². The monoisotopic (exact) mass is 413 g/mol. The Hall–Kier alpha value is -1.49. The lowest BCUT2D eigenvalue weighted by Crippen LogP contribution is -2.57. The Kier molecular flexibility index (Phi) is 3.53. The fourth-order valence-electron chi connectivity index (χ4n) is 5.99. The maximum absolute atomic E-state index is 13.3. The number of aryl methyl sites for hydroxylation is 2. The molecular weight excluding hydrogens is 390 g/mol.